The van der Waals surface area contributed by atoms with Crippen molar-refractivity contribution in [1.29, 1.82) is 0 Å². The van der Waals surface area contributed by atoms with Crippen molar-refractivity contribution in [2.75, 3.05) is 0 Å². The zero-order chi connectivity index (χ0) is 18.5. The van der Waals surface area contributed by atoms with Crippen LogP contribution in [0.5, 0.6) is 0 Å². The van der Waals surface area contributed by atoms with Gasteiger partial charge in [0.25, 0.3) is 0 Å². The minimum Gasteiger partial charge on any atom is -0.207 e. The van der Waals surface area contributed by atoms with Crippen molar-refractivity contribution in [3.05, 3.63) is 70.0 Å². The molecule has 3 rings (SSSR count). The summed E-state index contributed by atoms with van der Waals surface area (Å²) in [6.45, 7) is 2.19. The normalized spacial score (nSPS) is 16.5. The van der Waals surface area contributed by atoms with E-state index in [2.05, 4.69) is 6.92 Å². The van der Waals surface area contributed by atoms with Crippen LogP contribution in [0.15, 0.2) is 30.3 Å². The van der Waals surface area contributed by atoms with Crippen molar-refractivity contribution < 1.29 is 13.2 Å². The Morgan fingerprint density at radius 3 is 2.50 bits per heavy atom. The maximum Gasteiger partial charge on any atom is 0.162 e. The first-order valence-electron chi connectivity index (χ1n) is 9.84. The summed E-state index contributed by atoms with van der Waals surface area (Å²) in [5, 5.41) is 0. The molecule has 1 aliphatic carbocycles. The average Bonchev–Trinajstić information content (AvgIpc) is 2.65. The molecule has 0 radical (unpaired) electrons. The summed E-state index contributed by atoms with van der Waals surface area (Å²) in [5.74, 6) is -1.88. The number of halogens is 3. The number of rotatable bonds is 7. The highest BCUT2D eigenvalue weighted by molar-refractivity contribution is 5.37. The molecular weight excluding hydrogens is 333 g/mol. The van der Waals surface area contributed by atoms with Gasteiger partial charge in [-0.25, -0.2) is 13.2 Å². The number of unbranched alkanes of at least 4 members (excludes halogenated alkanes) is 4. The van der Waals surface area contributed by atoms with Gasteiger partial charge < -0.3 is 0 Å². The minimum atomic E-state index is -0.816. The fourth-order valence-electron chi connectivity index (χ4n) is 4.02. The lowest BCUT2D eigenvalue weighted by atomic mass is 9.79. The fourth-order valence-corrected chi connectivity index (χ4v) is 4.02. The number of hydrogen-bond donors (Lipinski definition) is 0. The molecule has 0 fully saturated rings. The van der Waals surface area contributed by atoms with Gasteiger partial charge in [0, 0.05) is 0 Å². The molecule has 0 saturated heterocycles. The lowest BCUT2D eigenvalue weighted by molar-refractivity contribution is 0.470. The van der Waals surface area contributed by atoms with Gasteiger partial charge in [0.2, 0.25) is 0 Å². The van der Waals surface area contributed by atoms with Gasteiger partial charge in [-0.1, -0.05) is 50.8 Å². The molecule has 0 N–H and O–H groups in total. The number of benzene rings is 2. The van der Waals surface area contributed by atoms with Crippen LogP contribution in [0.4, 0.5) is 13.2 Å². The molecule has 0 heterocycles. The smallest absolute Gasteiger partial charge is 0.162 e. The van der Waals surface area contributed by atoms with E-state index in [1.165, 1.54) is 31.7 Å². The molecule has 1 aliphatic rings. The Balaban J connectivity index is 1.67. The van der Waals surface area contributed by atoms with E-state index in [9.17, 15) is 13.2 Å². The van der Waals surface area contributed by atoms with Gasteiger partial charge in [-0.15, -0.1) is 0 Å². The molecule has 0 spiro atoms. The molecule has 26 heavy (non-hydrogen) atoms. The van der Waals surface area contributed by atoms with Crippen LogP contribution in [0.1, 0.15) is 73.6 Å². The second-order valence-electron chi connectivity index (χ2n) is 7.46. The standard InChI is InChI=1S/C23H27F3/c1-2-3-4-5-6-7-16-8-12-19(22(25)14-16)18-10-9-17-11-13-21(24)23(26)20(17)15-18/h8,11-14,18H,2-7,9-10,15H2,1H3. The second-order valence-corrected chi connectivity index (χ2v) is 7.46. The van der Waals surface area contributed by atoms with Crippen molar-refractivity contribution in [3.8, 4) is 0 Å². The van der Waals surface area contributed by atoms with Gasteiger partial charge in [-0.2, -0.15) is 0 Å². The van der Waals surface area contributed by atoms with E-state index in [4.69, 9.17) is 0 Å². The van der Waals surface area contributed by atoms with E-state index in [0.29, 0.717) is 24.0 Å². The Hall–Kier alpha value is -1.77. The quantitative estimate of drug-likeness (QED) is 0.472. The average molecular weight is 360 g/mol. The number of fused-ring (bicyclic) bond motifs is 1. The first-order chi connectivity index (χ1) is 12.6. The maximum atomic E-state index is 14.7. The summed E-state index contributed by atoms with van der Waals surface area (Å²) in [5.41, 5.74) is 2.93. The van der Waals surface area contributed by atoms with Gasteiger partial charge in [0.1, 0.15) is 5.82 Å². The lowest BCUT2D eigenvalue weighted by Crippen LogP contribution is -2.16. The molecule has 2 aromatic rings. The highest BCUT2D eigenvalue weighted by atomic mass is 19.2. The molecule has 0 amide bonds. The number of aryl methyl sites for hydroxylation is 2. The van der Waals surface area contributed by atoms with Crippen molar-refractivity contribution in [2.45, 2.75) is 70.6 Å². The van der Waals surface area contributed by atoms with E-state index in [-0.39, 0.29) is 11.7 Å². The van der Waals surface area contributed by atoms with Crippen molar-refractivity contribution in [2.24, 2.45) is 0 Å². The summed E-state index contributed by atoms with van der Waals surface area (Å²) in [6.07, 6.45) is 8.68. The largest absolute Gasteiger partial charge is 0.207 e. The van der Waals surface area contributed by atoms with Gasteiger partial charge >= 0.3 is 0 Å². The van der Waals surface area contributed by atoms with Crippen LogP contribution >= 0.6 is 0 Å². The van der Waals surface area contributed by atoms with Crippen molar-refractivity contribution in [3.63, 3.8) is 0 Å². The predicted molar refractivity (Wildman–Crippen MR) is 100.0 cm³/mol. The van der Waals surface area contributed by atoms with E-state index >= 15 is 0 Å². The third kappa shape index (κ3) is 4.31. The summed E-state index contributed by atoms with van der Waals surface area (Å²) in [6, 6.07) is 8.32. The molecule has 0 aliphatic heterocycles. The van der Waals surface area contributed by atoms with Gasteiger partial charge in [0.15, 0.2) is 11.6 Å². The summed E-state index contributed by atoms with van der Waals surface area (Å²) >= 11 is 0. The Bertz CT molecular complexity index is 751. The summed E-state index contributed by atoms with van der Waals surface area (Å²) in [7, 11) is 0. The molecule has 0 nitrogen and oxygen atoms in total. The fraction of sp³-hybridized carbons (Fsp3) is 0.478. The van der Waals surface area contributed by atoms with Crippen LogP contribution in [-0.2, 0) is 19.3 Å². The maximum absolute atomic E-state index is 14.7. The Labute approximate surface area is 154 Å². The van der Waals surface area contributed by atoms with Crippen LogP contribution in [0.3, 0.4) is 0 Å². The number of hydrogen-bond acceptors (Lipinski definition) is 0. The summed E-state index contributed by atoms with van der Waals surface area (Å²) in [4.78, 5) is 0. The molecule has 0 aromatic heterocycles. The molecule has 1 unspecified atom stereocenters. The van der Waals surface area contributed by atoms with Crippen LogP contribution < -0.4 is 0 Å². The summed E-state index contributed by atoms with van der Waals surface area (Å²) < 4.78 is 42.3. The highest BCUT2D eigenvalue weighted by Crippen LogP contribution is 2.36. The monoisotopic (exact) mass is 360 g/mol. The third-order valence-corrected chi connectivity index (χ3v) is 5.58. The first-order valence-corrected chi connectivity index (χ1v) is 9.84. The zero-order valence-electron chi connectivity index (χ0n) is 15.5. The molecule has 0 saturated carbocycles. The topological polar surface area (TPSA) is 0 Å². The van der Waals surface area contributed by atoms with Crippen LogP contribution in [0.2, 0.25) is 0 Å². The third-order valence-electron chi connectivity index (χ3n) is 5.58. The molecule has 140 valence electrons. The van der Waals surface area contributed by atoms with Gasteiger partial charge in [-0.3, -0.25) is 0 Å². The van der Waals surface area contributed by atoms with Gasteiger partial charge in [-0.05, 0) is 72.4 Å². The van der Waals surface area contributed by atoms with Crippen molar-refractivity contribution >= 4 is 0 Å². The predicted octanol–water partition coefficient (Wildman–Crippen LogP) is 6.89. The van der Waals surface area contributed by atoms with Crippen LogP contribution in [0.25, 0.3) is 0 Å². The van der Waals surface area contributed by atoms with E-state index in [0.717, 1.165) is 30.4 Å². The van der Waals surface area contributed by atoms with E-state index in [1.54, 1.807) is 12.1 Å². The molecule has 2 aromatic carbocycles. The molecule has 1 atom stereocenters. The van der Waals surface area contributed by atoms with Gasteiger partial charge in [0.05, 0.1) is 0 Å². The minimum absolute atomic E-state index is 0.0857. The first kappa shape index (κ1) is 19.0. The van der Waals surface area contributed by atoms with Crippen molar-refractivity contribution in [1.82, 2.24) is 0 Å². The Kier molecular flexibility index (Phi) is 6.39. The Morgan fingerprint density at radius 1 is 0.923 bits per heavy atom. The van der Waals surface area contributed by atoms with E-state index in [1.807, 2.05) is 12.1 Å². The van der Waals surface area contributed by atoms with Crippen LogP contribution in [0, 0.1) is 17.5 Å². The SMILES string of the molecule is CCCCCCCc1ccc(C2CCc3ccc(F)c(F)c3C2)c(F)c1. The molecular formula is C23H27F3. The Morgan fingerprint density at radius 2 is 1.73 bits per heavy atom. The van der Waals surface area contributed by atoms with E-state index < -0.39 is 11.6 Å². The van der Waals surface area contributed by atoms with Crippen LogP contribution in [-0.4, -0.2) is 0 Å². The molecule has 3 heteroatoms. The highest BCUT2D eigenvalue weighted by Gasteiger charge is 2.26. The zero-order valence-corrected chi connectivity index (χ0v) is 15.5. The second kappa shape index (κ2) is 8.75. The molecule has 0 bridgehead atoms. The lowest BCUT2D eigenvalue weighted by Gasteiger charge is -2.26.